The molecule has 0 fully saturated rings. The largest absolute Gasteiger partial charge is 0.743 e. The van der Waals surface area contributed by atoms with E-state index in [1.807, 2.05) is 0 Å². The van der Waals surface area contributed by atoms with Crippen molar-refractivity contribution in [1.82, 2.24) is 0 Å². The molecule has 0 amide bonds. The van der Waals surface area contributed by atoms with Crippen molar-refractivity contribution < 1.29 is 110 Å². The molecule has 0 aromatic carbocycles. The average molecular weight is 785 g/mol. The molecule has 0 aromatic rings. The zero-order valence-electron chi connectivity index (χ0n) is 24.7. The van der Waals surface area contributed by atoms with Gasteiger partial charge in [0, 0.05) is 0 Å². The molecule has 0 aliphatic rings. The van der Waals surface area contributed by atoms with Crippen molar-refractivity contribution in [2.45, 2.75) is 112 Å². The number of nitrogens with zero attached hydrogens (tertiary/aromatic N) is 1. The molecule has 0 saturated heterocycles. The van der Waals surface area contributed by atoms with Gasteiger partial charge >= 0.3 is 58.8 Å². The number of hydrogen-bond donors (Lipinski definition) is 0. The van der Waals surface area contributed by atoms with E-state index in [4.69, 9.17) is 0 Å². The SMILES string of the molecule is CCC[N+](CCC)(CCC)CCC.O=S(=O)([O-])C(F)(F)C(F)(F)C(F)(F)C(F)(F)C(F)(F)C(F)(F)C(F)(F)C(F)(F)C(F)(F)C(F)(F)F. The molecule has 0 spiro atoms. The maximum atomic E-state index is 13.3. The molecule has 0 N–H and O–H groups in total. The molecular weight excluding hydrogens is 757 g/mol. The molecule has 0 radical (unpaired) electrons. The van der Waals surface area contributed by atoms with E-state index in [9.17, 15) is 105 Å². The third kappa shape index (κ3) is 7.67. The summed E-state index contributed by atoms with van der Waals surface area (Å²) in [6.45, 7) is 14.8. The molecule has 292 valence electrons. The van der Waals surface area contributed by atoms with Gasteiger partial charge in [0.25, 0.3) is 0 Å². The van der Waals surface area contributed by atoms with Crippen LogP contribution in [0.1, 0.15) is 53.4 Å². The summed E-state index contributed by atoms with van der Waals surface area (Å²) < 4.78 is 301. The smallest absolute Gasteiger partial charge is 0.460 e. The van der Waals surface area contributed by atoms with Gasteiger partial charge in [0.1, 0.15) is 0 Å². The van der Waals surface area contributed by atoms with Crippen LogP contribution >= 0.6 is 0 Å². The van der Waals surface area contributed by atoms with Gasteiger partial charge in [0.2, 0.25) is 0 Å². The molecule has 26 heteroatoms. The van der Waals surface area contributed by atoms with Crippen molar-refractivity contribution in [3.8, 4) is 0 Å². The summed E-state index contributed by atoms with van der Waals surface area (Å²) in [5, 5.41) is -8.17. The number of hydrogen-bond acceptors (Lipinski definition) is 3. The van der Waals surface area contributed by atoms with Crippen molar-refractivity contribution in [3.05, 3.63) is 0 Å². The van der Waals surface area contributed by atoms with Crippen LogP contribution < -0.4 is 0 Å². The molecule has 0 rings (SSSR count). The molecule has 0 bridgehead atoms. The van der Waals surface area contributed by atoms with Gasteiger partial charge in [-0.05, 0) is 25.7 Å². The zero-order chi connectivity index (χ0) is 39.7. The monoisotopic (exact) mass is 785 g/mol. The second-order valence-corrected chi connectivity index (χ2v) is 11.7. The van der Waals surface area contributed by atoms with Gasteiger partial charge in [-0.3, -0.25) is 0 Å². The van der Waals surface area contributed by atoms with E-state index in [0.717, 1.165) is 0 Å². The third-order valence-electron chi connectivity index (χ3n) is 6.59. The first-order chi connectivity index (χ1) is 20.7. The highest BCUT2D eigenvalue weighted by molar-refractivity contribution is 7.86. The van der Waals surface area contributed by atoms with Gasteiger partial charge in [-0.1, -0.05) is 27.7 Å². The third-order valence-corrected chi connectivity index (χ3v) is 7.47. The first-order valence-electron chi connectivity index (χ1n) is 13.0. The normalized spacial score (nSPS) is 15.7. The summed E-state index contributed by atoms with van der Waals surface area (Å²) in [5.41, 5.74) is 0. The Morgan fingerprint density at radius 2 is 0.583 bits per heavy atom. The van der Waals surface area contributed by atoms with Crippen LogP contribution in [0.3, 0.4) is 0 Å². The van der Waals surface area contributed by atoms with Gasteiger partial charge in [-0.15, -0.1) is 0 Å². The van der Waals surface area contributed by atoms with Gasteiger partial charge in [-0.25, -0.2) is 8.42 Å². The number of halogens is 21. The Balaban J connectivity index is 0. The number of quaternary nitrogens is 1. The molecule has 48 heavy (non-hydrogen) atoms. The van der Waals surface area contributed by atoms with E-state index in [2.05, 4.69) is 27.7 Å². The summed E-state index contributed by atoms with van der Waals surface area (Å²) in [6.07, 6.45) is -2.75. The fourth-order valence-corrected chi connectivity index (χ4v) is 4.71. The lowest BCUT2D eigenvalue weighted by molar-refractivity contribution is -0.928. The minimum absolute atomic E-state index is 1.33. The summed E-state index contributed by atoms with van der Waals surface area (Å²) in [7, 11) is -8.34. The molecule has 0 aliphatic carbocycles. The Morgan fingerprint density at radius 1 is 0.396 bits per heavy atom. The van der Waals surface area contributed by atoms with E-state index in [0.29, 0.717) is 0 Å². The summed E-state index contributed by atoms with van der Waals surface area (Å²) >= 11 is 0. The lowest BCUT2D eigenvalue weighted by atomic mass is 9.87. The van der Waals surface area contributed by atoms with Crippen LogP contribution in [0.4, 0.5) is 92.2 Å². The molecule has 0 aliphatic heterocycles. The van der Waals surface area contributed by atoms with Crippen molar-refractivity contribution >= 4 is 10.1 Å². The van der Waals surface area contributed by atoms with E-state index in [1.165, 1.54) is 56.3 Å². The van der Waals surface area contributed by atoms with Gasteiger partial charge in [0.05, 0.1) is 26.2 Å². The predicted molar refractivity (Wildman–Crippen MR) is 121 cm³/mol. The van der Waals surface area contributed by atoms with Gasteiger partial charge < -0.3 is 9.04 Å². The van der Waals surface area contributed by atoms with E-state index < -0.39 is 68.9 Å². The van der Waals surface area contributed by atoms with Crippen LogP contribution in [0.5, 0.6) is 0 Å². The molecule has 0 saturated carbocycles. The summed E-state index contributed by atoms with van der Waals surface area (Å²) in [6, 6.07) is 0. The van der Waals surface area contributed by atoms with Crippen molar-refractivity contribution in [2.24, 2.45) is 0 Å². The van der Waals surface area contributed by atoms with Crippen LogP contribution in [0.2, 0.25) is 0 Å². The fourth-order valence-electron chi connectivity index (χ4n) is 4.27. The lowest BCUT2D eigenvalue weighted by Crippen LogP contribution is -2.77. The van der Waals surface area contributed by atoms with Crippen LogP contribution in [0, 0.1) is 0 Å². The topological polar surface area (TPSA) is 57.2 Å². The van der Waals surface area contributed by atoms with Crippen molar-refractivity contribution in [2.75, 3.05) is 26.2 Å². The molecule has 0 atom stereocenters. The highest BCUT2D eigenvalue weighted by Crippen LogP contribution is 2.66. The van der Waals surface area contributed by atoms with Crippen molar-refractivity contribution in [3.63, 3.8) is 0 Å². The maximum absolute atomic E-state index is 13.3. The zero-order valence-corrected chi connectivity index (χ0v) is 25.5. The highest BCUT2D eigenvalue weighted by atomic mass is 32.2. The molecule has 0 heterocycles. The number of alkyl halides is 21. The van der Waals surface area contributed by atoms with Gasteiger partial charge in [0.15, 0.2) is 10.1 Å². The van der Waals surface area contributed by atoms with Crippen LogP contribution in [0.15, 0.2) is 0 Å². The maximum Gasteiger partial charge on any atom is 0.460 e. The average Bonchev–Trinajstić information content (AvgIpc) is 2.87. The first kappa shape index (κ1) is 48.5. The van der Waals surface area contributed by atoms with E-state index in [-0.39, 0.29) is 0 Å². The minimum atomic E-state index is -9.40. The summed E-state index contributed by atoms with van der Waals surface area (Å²) in [5.74, 6) is -72.8. The highest BCUT2D eigenvalue weighted by Gasteiger charge is 2.98. The Hall–Kier alpha value is -1.60. The van der Waals surface area contributed by atoms with Crippen LogP contribution in [0.25, 0.3) is 0 Å². The Labute approximate surface area is 258 Å². The molecular formula is C22H28F21NO3S. The van der Waals surface area contributed by atoms with E-state index >= 15 is 0 Å². The minimum Gasteiger partial charge on any atom is -0.743 e. The van der Waals surface area contributed by atoms with E-state index in [1.54, 1.807) is 0 Å². The summed E-state index contributed by atoms with van der Waals surface area (Å²) in [4.78, 5) is 0. The predicted octanol–water partition coefficient (Wildman–Crippen LogP) is 9.21. The standard InChI is InChI=1S/C12H28N.C10HF21O3S/c1-5-9-13(10-6-2,11-7-3)12-8-4;11-1(12,3(15,16)5(19,20)7(23,24)9(27,28)29)2(13,14)4(17,18)6(21,22)8(25,26)10(30,31)35(32,33)34/h5-12H2,1-4H3;(H,32,33,34)/q+1;/p-1. The lowest BCUT2D eigenvalue weighted by Gasteiger charge is -2.44. The Morgan fingerprint density at radius 3 is 0.750 bits per heavy atom. The molecule has 4 nitrogen and oxygen atoms in total. The van der Waals surface area contributed by atoms with Crippen LogP contribution in [-0.2, 0) is 10.1 Å². The first-order valence-corrected chi connectivity index (χ1v) is 14.4. The number of rotatable bonds is 17. The second kappa shape index (κ2) is 14.6. The van der Waals surface area contributed by atoms with Crippen LogP contribution in [-0.4, -0.2) is 102 Å². The Bertz CT molecular complexity index is 1120. The molecule has 0 aromatic heterocycles. The Kier molecular flexibility index (Phi) is 14.7. The van der Waals surface area contributed by atoms with Gasteiger partial charge in [-0.2, -0.15) is 92.2 Å². The fraction of sp³-hybridized carbons (Fsp3) is 1.00. The van der Waals surface area contributed by atoms with Crippen molar-refractivity contribution in [1.29, 1.82) is 0 Å². The second-order valence-electron chi connectivity index (χ2n) is 10.3. The quantitative estimate of drug-likeness (QED) is 0.0840. The molecule has 0 unspecified atom stereocenters.